The van der Waals surface area contributed by atoms with E-state index in [0.717, 1.165) is 0 Å². The van der Waals surface area contributed by atoms with Crippen molar-refractivity contribution in [2.45, 2.75) is 45.6 Å². The molecule has 5 nitrogen and oxygen atoms in total. The third-order valence-corrected chi connectivity index (χ3v) is 3.49. The highest BCUT2D eigenvalue weighted by molar-refractivity contribution is 5.68. The lowest BCUT2D eigenvalue weighted by Gasteiger charge is -2.35. The number of hydrogen-bond acceptors (Lipinski definition) is 3. The maximum atomic E-state index is 12.9. The molecule has 1 unspecified atom stereocenters. The Balaban J connectivity index is 2.46. The molecule has 1 fully saturated rings. The average molecular weight is 289 g/mol. The third kappa shape index (κ3) is 5.35. The molecule has 1 atom stereocenters. The number of ether oxygens (including phenoxy) is 1. The van der Waals surface area contributed by atoms with Gasteiger partial charge in [0.2, 0.25) is 0 Å². The Bertz CT molecular complexity index is 346. The number of aliphatic carboxylic acids is 1. The number of halogens is 1. The van der Waals surface area contributed by atoms with Crippen LogP contribution in [0.1, 0.15) is 40.0 Å². The number of carboxylic acids is 1. The van der Waals surface area contributed by atoms with E-state index >= 15 is 0 Å². The minimum absolute atomic E-state index is 0.0230. The molecule has 1 rings (SSSR count). The van der Waals surface area contributed by atoms with Gasteiger partial charge in [0.15, 0.2) is 0 Å². The average Bonchev–Trinajstić information content (AvgIpc) is 2.34. The van der Waals surface area contributed by atoms with Crippen LogP contribution in [0.2, 0.25) is 0 Å². The zero-order chi connectivity index (χ0) is 15.3. The smallest absolute Gasteiger partial charge is 0.410 e. The number of amides is 1. The summed E-state index contributed by atoms with van der Waals surface area (Å²) in [5, 5.41) is 8.76. The minimum Gasteiger partial charge on any atom is -0.481 e. The summed E-state index contributed by atoms with van der Waals surface area (Å²) >= 11 is 0. The van der Waals surface area contributed by atoms with Crippen molar-refractivity contribution in [1.82, 2.24) is 4.90 Å². The third-order valence-electron chi connectivity index (χ3n) is 3.49. The normalized spacial score (nSPS) is 18.7. The van der Waals surface area contributed by atoms with Crippen LogP contribution in [0.5, 0.6) is 0 Å². The van der Waals surface area contributed by atoms with E-state index in [9.17, 15) is 14.0 Å². The Morgan fingerprint density at radius 1 is 1.35 bits per heavy atom. The monoisotopic (exact) mass is 289 g/mol. The lowest BCUT2D eigenvalue weighted by Crippen LogP contribution is -2.43. The summed E-state index contributed by atoms with van der Waals surface area (Å²) in [4.78, 5) is 24.2. The predicted molar refractivity (Wildman–Crippen MR) is 72.2 cm³/mol. The number of carbonyl (C=O) groups is 2. The van der Waals surface area contributed by atoms with E-state index in [2.05, 4.69) is 0 Å². The second-order valence-electron chi connectivity index (χ2n) is 6.32. The first kappa shape index (κ1) is 16.7. The highest BCUT2D eigenvalue weighted by Gasteiger charge is 2.31. The van der Waals surface area contributed by atoms with E-state index in [1.54, 1.807) is 4.90 Å². The summed E-state index contributed by atoms with van der Waals surface area (Å²) in [7, 11) is 0. The molecule has 1 N–H and O–H groups in total. The number of alkyl halides is 1. The number of carboxylic acid groups (broad SMARTS) is 1. The van der Waals surface area contributed by atoms with Gasteiger partial charge < -0.3 is 14.7 Å². The zero-order valence-electron chi connectivity index (χ0n) is 12.4. The number of hydrogen-bond donors (Lipinski definition) is 1. The lowest BCUT2D eigenvalue weighted by atomic mass is 9.83. The van der Waals surface area contributed by atoms with Crippen molar-refractivity contribution in [2.75, 3.05) is 19.8 Å². The van der Waals surface area contributed by atoms with Crippen LogP contribution < -0.4 is 0 Å². The lowest BCUT2D eigenvalue weighted by molar-refractivity contribution is -0.139. The van der Waals surface area contributed by atoms with Crippen LogP contribution in [0.15, 0.2) is 0 Å². The van der Waals surface area contributed by atoms with Gasteiger partial charge in [-0.25, -0.2) is 4.79 Å². The molecule has 1 aliphatic rings. The zero-order valence-corrected chi connectivity index (χ0v) is 12.4. The van der Waals surface area contributed by atoms with Gasteiger partial charge in [-0.05, 0) is 39.5 Å². The first-order valence-electron chi connectivity index (χ1n) is 6.98. The van der Waals surface area contributed by atoms with E-state index in [0.29, 0.717) is 25.9 Å². The number of carbonyl (C=O) groups excluding carboxylic acids is 1. The fourth-order valence-corrected chi connectivity index (χ4v) is 2.45. The van der Waals surface area contributed by atoms with Crippen LogP contribution in [0.25, 0.3) is 0 Å². The minimum atomic E-state index is -0.970. The van der Waals surface area contributed by atoms with E-state index in [1.165, 1.54) is 0 Å². The van der Waals surface area contributed by atoms with Crippen molar-refractivity contribution < 1.29 is 23.8 Å². The highest BCUT2D eigenvalue weighted by Crippen LogP contribution is 2.28. The van der Waals surface area contributed by atoms with Crippen LogP contribution in [0.3, 0.4) is 0 Å². The molecule has 0 bridgehead atoms. The molecular weight excluding hydrogens is 265 g/mol. The quantitative estimate of drug-likeness (QED) is 0.864. The van der Waals surface area contributed by atoms with Gasteiger partial charge in [0.05, 0.1) is 13.1 Å². The molecule has 0 aromatic heterocycles. The topological polar surface area (TPSA) is 66.8 Å². The fraction of sp³-hybridized carbons (Fsp3) is 0.857. The molecule has 1 aliphatic heterocycles. The second kappa shape index (κ2) is 6.90. The molecule has 0 spiro atoms. The first-order valence-corrected chi connectivity index (χ1v) is 6.98. The molecule has 1 heterocycles. The molecule has 0 saturated carbocycles. The molecule has 116 valence electrons. The van der Waals surface area contributed by atoms with E-state index < -0.39 is 24.2 Å². The number of rotatable bonds is 4. The molecule has 1 saturated heterocycles. The molecule has 6 heteroatoms. The molecule has 0 aromatic rings. The maximum Gasteiger partial charge on any atom is 0.410 e. The molecule has 0 radical (unpaired) electrons. The van der Waals surface area contributed by atoms with Crippen molar-refractivity contribution in [3.8, 4) is 0 Å². The van der Waals surface area contributed by atoms with Crippen molar-refractivity contribution in [3.63, 3.8) is 0 Å². The molecular formula is C14H24FNO4. The Morgan fingerprint density at radius 3 is 2.30 bits per heavy atom. The Labute approximate surface area is 119 Å². The summed E-state index contributed by atoms with van der Waals surface area (Å²) < 4.78 is 18.2. The molecule has 0 aromatic carbocycles. The van der Waals surface area contributed by atoms with Crippen molar-refractivity contribution in [3.05, 3.63) is 0 Å². The van der Waals surface area contributed by atoms with Crippen molar-refractivity contribution in [1.29, 1.82) is 0 Å². The fourth-order valence-electron chi connectivity index (χ4n) is 2.45. The van der Waals surface area contributed by atoms with Gasteiger partial charge in [0, 0.05) is 19.0 Å². The summed E-state index contributed by atoms with van der Waals surface area (Å²) in [6, 6.07) is 0. The summed E-state index contributed by atoms with van der Waals surface area (Å²) in [5.74, 6) is -1.40. The first-order chi connectivity index (χ1) is 9.23. The van der Waals surface area contributed by atoms with Crippen LogP contribution in [0.4, 0.5) is 9.18 Å². The van der Waals surface area contributed by atoms with Gasteiger partial charge in [-0.2, -0.15) is 0 Å². The molecule has 20 heavy (non-hydrogen) atoms. The van der Waals surface area contributed by atoms with Gasteiger partial charge in [0.25, 0.3) is 0 Å². The summed E-state index contributed by atoms with van der Waals surface area (Å²) in [6.45, 7) is 5.80. The summed E-state index contributed by atoms with van der Waals surface area (Å²) in [5.41, 5.74) is -0.529. The van der Waals surface area contributed by atoms with Crippen LogP contribution >= 0.6 is 0 Å². The Hall–Kier alpha value is -1.33. The number of piperidine rings is 1. The van der Waals surface area contributed by atoms with Crippen molar-refractivity contribution in [2.24, 2.45) is 11.8 Å². The van der Waals surface area contributed by atoms with E-state index in [4.69, 9.17) is 9.84 Å². The predicted octanol–water partition coefficient (Wildman–Crippen LogP) is 2.69. The largest absolute Gasteiger partial charge is 0.481 e. The van der Waals surface area contributed by atoms with Crippen molar-refractivity contribution >= 4 is 12.1 Å². The van der Waals surface area contributed by atoms with Crippen LogP contribution in [-0.2, 0) is 9.53 Å². The van der Waals surface area contributed by atoms with E-state index in [1.807, 2.05) is 20.8 Å². The SMILES string of the molecule is CC(C)(C)OC(=O)N1CCC(C(CF)CC(=O)O)CC1. The standard InChI is InChI=1S/C14H24FNO4/c1-14(2,3)20-13(19)16-6-4-10(5-7-16)11(9-15)8-12(17)18/h10-11H,4-9H2,1-3H3,(H,17,18). The number of nitrogens with zero attached hydrogens (tertiary/aromatic N) is 1. The van der Waals surface area contributed by atoms with E-state index in [-0.39, 0.29) is 18.4 Å². The van der Waals surface area contributed by atoms with Gasteiger partial charge in [0.1, 0.15) is 5.60 Å². The van der Waals surface area contributed by atoms with Gasteiger partial charge >= 0.3 is 12.1 Å². The van der Waals surface area contributed by atoms with Gasteiger partial charge in [-0.15, -0.1) is 0 Å². The highest BCUT2D eigenvalue weighted by atomic mass is 19.1. The van der Waals surface area contributed by atoms with Gasteiger partial charge in [-0.1, -0.05) is 0 Å². The summed E-state index contributed by atoms with van der Waals surface area (Å²) in [6.07, 6.45) is 0.751. The van der Waals surface area contributed by atoms with Crippen LogP contribution in [0, 0.1) is 11.8 Å². The second-order valence-corrected chi connectivity index (χ2v) is 6.32. The maximum absolute atomic E-state index is 12.9. The number of likely N-dealkylation sites (tertiary alicyclic amines) is 1. The van der Waals surface area contributed by atoms with Gasteiger partial charge in [-0.3, -0.25) is 9.18 Å². The Morgan fingerprint density at radius 2 is 1.90 bits per heavy atom. The molecule has 0 aliphatic carbocycles. The molecule has 1 amide bonds. The van der Waals surface area contributed by atoms with Crippen LogP contribution in [-0.4, -0.2) is 47.4 Å². The Kier molecular flexibility index (Phi) is 5.77.